The maximum atomic E-state index is 5.49. The first-order chi connectivity index (χ1) is 4.31. The number of methoxy groups -OCH3 is 1. The van der Waals surface area contributed by atoms with Crippen molar-refractivity contribution in [3.63, 3.8) is 0 Å². The predicted octanol–water partition coefficient (Wildman–Crippen LogP) is 0.218. The molecule has 3 nitrogen and oxygen atoms in total. The molecule has 0 amide bonds. The largest absolute Gasteiger partial charge is 0.385 e. The fourth-order valence-electron chi connectivity index (χ4n) is 0.570. The van der Waals surface area contributed by atoms with Gasteiger partial charge in [-0.25, -0.2) is 5.01 Å². The molecule has 0 saturated heterocycles. The molecule has 0 saturated carbocycles. The van der Waals surface area contributed by atoms with Crippen molar-refractivity contribution in [2.75, 3.05) is 26.8 Å². The summed E-state index contributed by atoms with van der Waals surface area (Å²) in [4.78, 5) is 0. The van der Waals surface area contributed by atoms with Crippen molar-refractivity contribution in [3.05, 3.63) is 0 Å². The molecule has 0 aliphatic rings. The van der Waals surface area contributed by atoms with Crippen LogP contribution in [0.25, 0.3) is 0 Å². The summed E-state index contributed by atoms with van der Waals surface area (Å²) < 4.78 is 4.85. The van der Waals surface area contributed by atoms with Crippen LogP contribution in [-0.4, -0.2) is 31.8 Å². The Kier molecular flexibility index (Phi) is 5.93. The highest BCUT2D eigenvalue weighted by atomic mass is 16.5. The van der Waals surface area contributed by atoms with Crippen molar-refractivity contribution in [3.8, 4) is 0 Å². The molecule has 2 N–H and O–H groups in total. The third kappa shape index (κ3) is 5.76. The molecule has 0 fully saturated rings. The van der Waals surface area contributed by atoms with E-state index in [1.165, 1.54) is 0 Å². The van der Waals surface area contributed by atoms with E-state index in [4.69, 9.17) is 10.6 Å². The summed E-state index contributed by atoms with van der Waals surface area (Å²) >= 11 is 0. The molecule has 9 heavy (non-hydrogen) atoms. The molecule has 3 heteroatoms. The lowest BCUT2D eigenvalue weighted by molar-refractivity contribution is 0.174. The van der Waals surface area contributed by atoms with Crippen LogP contribution >= 0.6 is 0 Å². The number of nitrogens with two attached hydrogens (primary N) is 1. The summed E-state index contributed by atoms with van der Waals surface area (Å²) in [7, 11) is 1.70. The smallest absolute Gasteiger partial charge is 0.0475 e. The topological polar surface area (TPSA) is 38.5 Å². The van der Waals surface area contributed by atoms with Crippen LogP contribution in [0.1, 0.15) is 13.3 Å². The molecule has 0 heterocycles. The Morgan fingerprint density at radius 2 is 2.22 bits per heavy atom. The zero-order valence-electron chi connectivity index (χ0n) is 6.26. The molecule has 0 aromatic carbocycles. The summed E-state index contributed by atoms with van der Waals surface area (Å²) in [5.74, 6) is 5.49. The van der Waals surface area contributed by atoms with Crippen molar-refractivity contribution >= 4 is 0 Å². The molecular weight excluding hydrogens is 116 g/mol. The number of hydrazine groups is 1. The molecule has 0 radical (unpaired) electrons. The molecular formula is C6H16N2O. The maximum absolute atomic E-state index is 5.49. The third-order valence-electron chi connectivity index (χ3n) is 1.20. The normalized spacial score (nSPS) is 10.7. The zero-order chi connectivity index (χ0) is 7.11. The van der Waals surface area contributed by atoms with Crippen molar-refractivity contribution in [2.24, 2.45) is 5.84 Å². The van der Waals surface area contributed by atoms with Crippen LogP contribution in [0.2, 0.25) is 0 Å². The molecule has 0 bridgehead atoms. The van der Waals surface area contributed by atoms with Gasteiger partial charge in [0, 0.05) is 26.8 Å². The third-order valence-corrected chi connectivity index (χ3v) is 1.20. The van der Waals surface area contributed by atoms with E-state index >= 15 is 0 Å². The average molecular weight is 132 g/mol. The monoisotopic (exact) mass is 132 g/mol. The second kappa shape index (κ2) is 6.01. The minimum absolute atomic E-state index is 0.799. The van der Waals surface area contributed by atoms with Gasteiger partial charge >= 0.3 is 0 Å². The van der Waals surface area contributed by atoms with Gasteiger partial charge in [-0.1, -0.05) is 6.92 Å². The number of ether oxygens (including phenoxy) is 1. The Morgan fingerprint density at radius 1 is 1.56 bits per heavy atom. The quantitative estimate of drug-likeness (QED) is 0.330. The molecule has 0 aliphatic heterocycles. The van der Waals surface area contributed by atoms with Gasteiger partial charge in [-0.2, -0.15) is 0 Å². The van der Waals surface area contributed by atoms with Gasteiger partial charge in [-0.15, -0.1) is 0 Å². The summed E-state index contributed by atoms with van der Waals surface area (Å²) in [5, 5.41) is 1.78. The van der Waals surface area contributed by atoms with Crippen molar-refractivity contribution in [2.45, 2.75) is 13.3 Å². The van der Waals surface area contributed by atoms with Crippen molar-refractivity contribution in [1.29, 1.82) is 0 Å². The van der Waals surface area contributed by atoms with Gasteiger partial charge in [0.15, 0.2) is 0 Å². The molecule has 0 aromatic heterocycles. The lowest BCUT2D eigenvalue weighted by Crippen LogP contribution is -2.32. The highest BCUT2D eigenvalue weighted by Gasteiger charge is 1.91. The van der Waals surface area contributed by atoms with Gasteiger partial charge in [-0.05, 0) is 6.42 Å². The van der Waals surface area contributed by atoms with Crippen LogP contribution in [0.5, 0.6) is 0 Å². The van der Waals surface area contributed by atoms with Crippen LogP contribution in [-0.2, 0) is 4.74 Å². The van der Waals surface area contributed by atoms with Gasteiger partial charge in [0.25, 0.3) is 0 Å². The Labute approximate surface area is 56.7 Å². The van der Waals surface area contributed by atoms with Crippen LogP contribution in [0.3, 0.4) is 0 Å². The van der Waals surface area contributed by atoms with E-state index in [9.17, 15) is 0 Å². The van der Waals surface area contributed by atoms with Crippen molar-refractivity contribution < 1.29 is 4.74 Å². The molecule has 0 spiro atoms. The van der Waals surface area contributed by atoms with E-state index in [0.29, 0.717) is 0 Å². The fraction of sp³-hybridized carbons (Fsp3) is 1.00. The highest BCUT2D eigenvalue weighted by molar-refractivity contribution is 4.43. The predicted molar refractivity (Wildman–Crippen MR) is 37.9 cm³/mol. The number of hydrogen-bond acceptors (Lipinski definition) is 3. The van der Waals surface area contributed by atoms with E-state index in [2.05, 4.69) is 0 Å². The first-order valence-electron chi connectivity index (χ1n) is 3.29. The number of rotatable bonds is 5. The van der Waals surface area contributed by atoms with Gasteiger partial charge < -0.3 is 4.74 Å². The maximum Gasteiger partial charge on any atom is 0.0475 e. The lowest BCUT2D eigenvalue weighted by atomic mass is 10.4. The van der Waals surface area contributed by atoms with E-state index in [0.717, 1.165) is 26.1 Å². The van der Waals surface area contributed by atoms with Crippen LogP contribution < -0.4 is 5.84 Å². The second-order valence-corrected chi connectivity index (χ2v) is 1.97. The van der Waals surface area contributed by atoms with Crippen LogP contribution in [0, 0.1) is 0 Å². The van der Waals surface area contributed by atoms with E-state index in [1.54, 1.807) is 12.1 Å². The van der Waals surface area contributed by atoms with Gasteiger partial charge in [0.1, 0.15) is 0 Å². The van der Waals surface area contributed by atoms with E-state index in [1.807, 2.05) is 6.92 Å². The zero-order valence-corrected chi connectivity index (χ0v) is 6.26. The van der Waals surface area contributed by atoms with E-state index in [-0.39, 0.29) is 0 Å². The minimum Gasteiger partial charge on any atom is -0.385 e. The SMILES string of the molecule is CCN(N)CCCOC. The van der Waals surface area contributed by atoms with E-state index < -0.39 is 0 Å². The number of hydrogen-bond donors (Lipinski definition) is 1. The van der Waals surface area contributed by atoms with Crippen molar-refractivity contribution in [1.82, 2.24) is 5.01 Å². The first kappa shape index (κ1) is 8.88. The highest BCUT2D eigenvalue weighted by Crippen LogP contribution is 1.82. The van der Waals surface area contributed by atoms with Crippen LogP contribution in [0.4, 0.5) is 0 Å². The Hall–Kier alpha value is -0.120. The molecule has 0 aliphatic carbocycles. The number of nitrogens with zero attached hydrogens (tertiary/aromatic N) is 1. The summed E-state index contributed by atoms with van der Waals surface area (Å²) in [6, 6.07) is 0. The Balaban J connectivity index is 2.88. The average Bonchev–Trinajstić information content (AvgIpc) is 1.89. The van der Waals surface area contributed by atoms with Gasteiger partial charge in [0.2, 0.25) is 0 Å². The van der Waals surface area contributed by atoms with Gasteiger partial charge in [0.05, 0.1) is 0 Å². The molecule has 56 valence electrons. The summed E-state index contributed by atoms with van der Waals surface area (Å²) in [6.07, 6.45) is 1.01. The standard InChI is InChI=1S/C6H16N2O/c1-3-8(7)5-4-6-9-2/h3-7H2,1-2H3. The Morgan fingerprint density at radius 3 is 2.67 bits per heavy atom. The fourth-order valence-corrected chi connectivity index (χ4v) is 0.570. The van der Waals surface area contributed by atoms with Gasteiger partial charge in [-0.3, -0.25) is 5.84 Å². The molecule has 0 aromatic rings. The molecule has 0 rings (SSSR count). The first-order valence-corrected chi connectivity index (χ1v) is 3.29. The summed E-state index contributed by atoms with van der Waals surface area (Å²) in [5.41, 5.74) is 0. The molecule has 0 unspecified atom stereocenters. The molecule has 0 atom stereocenters. The minimum atomic E-state index is 0.799. The summed E-state index contributed by atoms with van der Waals surface area (Å²) in [6.45, 7) is 4.66. The lowest BCUT2D eigenvalue weighted by Gasteiger charge is -2.11. The van der Waals surface area contributed by atoms with Crippen LogP contribution in [0.15, 0.2) is 0 Å². The Bertz CT molecular complexity index is 59.0. The second-order valence-electron chi connectivity index (χ2n) is 1.97.